The van der Waals surface area contributed by atoms with Gasteiger partial charge in [0.2, 0.25) is 0 Å². The Morgan fingerprint density at radius 2 is 1.74 bits per heavy atom. The summed E-state index contributed by atoms with van der Waals surface area (Å²) in [6.45, 7) is 0. The van der Waals surface area contributed by atoms with Crippen LogP contribution in [-0.2, 0) is 11.3 Å². The van der Waals surface area contributed by atoms with Gasteiger partial charge in [-0.3, -0.25) is 0 Å². The molecule has 23 heavy (non-hydrogen) atoms. The zero-order chi connectivity index (χ0) is 17.0. The van der Waals surface area contributed by atoms with Crippen LogP contribution in [0.3, 0.4) is 0 Å². The van der Waals surface area contributed by atoms with E-state index in [1.165, 1.54) is 6.20 Å². The van der Waals surface area contributed by atoms with Crippen LogP contribution in [0.4, 0.5) is 0 Å². The Hall–Kier alpha value is -0.470. The second-order valence-electron chi connectivity index (χ2n) is 4.50. The van der Waals surface area contributed by atoms with Gasteiger partial charge in [-0.05, 0) is 104 Å². The summed E-state index contributed by atoms with van der Waals surface area (Å²) in [5, 5.41) is 18.3. The van der Waals surface area contributed by atoms with E-state index in [9.17, 15) is 5.11 Å². The molecule has 122 valence electrons. The number of aromatic hydroxyl groups is 1. The molecule has 0 unspecified atom stereocenters. The monoisotopic (exact) mass is 651 g/mol. The van der Waals surface area contributed by atoms with Crippen LogP contribution in [0.25, 0.3) is 0 Å². The molecule has 0 spiro atoms. The van der Waals surface area contributed by atoms with Gasteiger partial charge >= 0.3 is 0 Å². The van der Waals surface area contributed by atoms with Crippen molar-refractivity contribution in [1.82, 2.24) is 0 Å². The molecule has 0 aliphatic heterocycles. The van der Waals surface area contributed by atoms with E-state index in [0.717, 1.165) is 22.0 Å². The van der Waals surface area contributed by atoms with Crippen molar-refractivity contribution >= 4 is 67.8 Å². The Bertz CT molecular complexity index is 726. The summed E-state index contributed by atoms with van der Waals surface area (Å²) in [6, 6.07) is 8.96. The quantitative estimate of drug-likeness (QED) is 0.187. The Balaban J connectivity index is 2.28. The van der Waals surface area contributed by atoms with Crippen LogP contribution in [0.15, 0.2) is 42.3 Å². The Kier molecular flexibility index (Phi) is 7.03. The normalized spacial score (nSPS) is 11.4. The highest BCUT2D eigenvalue weighted by molar-refractivity contribution is 14.1. The van der Waals surface area contributed by atoms with E-state index in [2.05, 4.69) is 50.1 Å². The first-order valence-corrected chi connectivity index (χ1v) is 9.54. The summed E-state index contributed by atoms with van der Waals surface area (Å²) >= 11 is 6.43. The lowest BCUT2D eigenvalue weighted by Crippen LogP contribution is -2.00. The minimum atomic E-state index is 0.225. The van der Waals surface area contributed by atoms with E-state index in [4.69, 9.17) is 15.7 Å². The van der Waals surface area contributed by atoms with Gasteiger partial charge < -0.3 is 20.5 Å². The fourth-order valence-corrected chi connectivity index (χ4v) is 4.41. The number of benzene rings is 2. The van der Waals surface area contributed by atoms with E-state index < -0.39 is 0 Å². The highest BCUT2D eigenvalue weighted by Gasteiger charge is 2.12. The van der Waals surface area contributed by atoms with Crippen LogP contribution < -0.4 is 10.5 Å². The second-order valence-corrected chi connectivity index (χ2v) is 7.99. The molecule has 0 amide bonds. The average molecular weight is 651 g/mol. The molecular weight excluding hydrogens is 639 g/mol. The average Bonchev–Trinajstić information content (AvgIpc) is 2.52. The third kappa shape index (κ3) is 5.00. The lowest BCUT2D eigenvalue weighted by atomic mass is 10.1. The summed E-state index contributed by atoms with van der Waals surface area (Å²) < 4.78 is 8.50. The number of rotatable bonds is 5. The number of hydrogen-bond donors (Lipinski definition) is 3. The van der Waals surface area contributed by atoms with E-state index in [1.54, 1.807) is 18.2 Å². The maximum atomic E-state index is 9.57. The van der Waals surface area contributed by atoms with Crippen molar-refractivity contribution in [1.29, 1.82) is 0 Å². The van der Waals surface area contributed by atoms with Gasteiger partial charge in [0.25, 0.3) is 0 Å². The van der Waals surface area contributed by atoms with Gasteiger partial charge in [0.05, 0.1) is 10.7 Å². The van der Waals surface area contributed by atoms with E-state index in [-0.39, 0.29) is 11.5 Å². The summed E-state index contributed by atoms with van der Waals surface area (Å²) in [4.78, 5) is 4.21. The molecule has 0 fully saturated rings. The Morgan fingerprint density at radius 1 is 1.09 bits per heavy atom. The molecule has 8 heteroatoms. The zero-order valence-corrected chi connectivity index (χ0v) is 18.1. The maximum Gasteiger partial charge on any atom is 0.161 e. The molecule has 0 atom stereocenters. The number of ether oxygens (including phenoxy) is 1. The fourth-order valence-electron chi connectivity index (χ4n) is 1.80. The summed E-state index contributed by atoms with van der Waals surface area (Å²) in [5.74, 6) is 1.89. The van der Waals surface area contributed by atoms with Gasteiger partial charge in [-0.15, -0.1) is 0 Å². The number of phenols is 1. The van der Waals surface area contributed by atoms with Gasteiger partial charge in [-0.1, -0.05) is 0 Å². The SMILES string of the molecule is N/C=C(/Cc1cc(I)c(Oc2ccc(O)c(I)c2)c(I)c1)OO. The number of halogens is 3. The smallest absolute Gasteiger partial charge is 0.161 e. The summed E-state index contributed by atoms with van der Waals surface area (Å²) in [5.41, 5.74) is 6.31. The minimum absolute atomic E-state index is 0.225. The van der Waals surface area contributed by atoms with Crippen LogP contribution in [0, 0.1) is 10.7 Å². The molecular formula is C15H12I3NO4. The molecule has 0 bridgehead atoms. The first-order chi connectivity index (χ1) is 10.9. The predicted octanol–water partition coefficient (Wildman–Crippen LogP) is 4.83. The highest BCUT2D eigenvalue weighted by Crippen LogP contribution is 2.35. The fraction of sp³-hybridized carbons (Fsp3) is 0.0667. The number of phenolic OH excluding ortho intramolecular Hbond substituents is 1. The highest BCUT2D eigenvalue weighted by atomic mass is 127. The molecule has 2 aromatic rings. The maximum absolute atomic E-state index is 9.57. The Labute approximate surface area is 174 Å². The van der Waals surface area contributed by atoms with E-state index in [1.807, 2.05) is 34.7 Å². The van der Waals surface area contributed by atoms with Crippen molar-refractivity contribution in [3.63, 3.8) is 0 Å². The molecule has 0 saturated carbocycles. The lowest BCUT2D eigenvalue weighted by Gasteiger charge is -2.13. The van der Waals surface area contributed by atoms with Crippen LogP contribution in [-0.4, -0.2) is 10.4 Å². The summed E-state index contributed by atoms with van der Waals surface area (Å²) in [6.07, 6.45) is 1.61. The number of nitrogens with two attached hydrogens (primary N) is 1. The van der Waals surface area contributed by atoms with Crippen molar-refractivity contribution in [2.45, 2.75) is 6.42 Å². The van der Waals surface area contributed by atoms with Gasteiger partial charge in [-0.25, -0.2) is 5.26 Å². The number of allylic oxidation sites excluding steroid dienone is 1. The minimum Gasteiger partial charge on any atom is -0.507 e. The van der Waals surface area contributed by atoms with Crippen LogP contribution >= 0.6 is 67.8 Å². The van der Waals surface area contributed by atoms with E-state index in [0.29, 0.717) is 12.2 Å². The molecule has 0 aromatic heterocycles. The standard InChI is InChI=1S/C15H12I3NO4/c16-11-6-9(1-2-14(11)20)22-15-12(17)4-8(5-13(15)18)3-10(7-19)23-21/h1-2,4-7,20-21H,3,19H2/b10-7-. The third-order valence-corrected chi connectivity index (χ3v) is 5.35. The van der Waals surface area contributed by atoms with E-state index >= 15 is 0 Å². The van der Waals surface area contributed by atoms with Crippen molar-refractivity contribution < 1.29 is 20.0 Å². The largest absolute Gasteiger partial charge is 0.507 e. The molecule has 5 nitrogen and oxygen atoms in total. The first kappa shape index (κ1) is 18.9. The first-order valence-electron chi connectivity index (χ1n) is 6.31. The van der Waals surface area contributed by atoms with Crippen LogP contribution in [0.5, 0.6) is 17.2 Å². The predicted molar refractivity (Wildman–Crippen MR) is 112 cm³/mol. The van der Waals surface area contributed by atoms with Crippen molar-refractivity contribution in [2.75, 3.05) is 0 Å². The molecule has 0 aliphatic rings. The van der Waals surface area contributed by atoms with Crippen molar-refractivity contribution in [2.24, 2.45) is 5.73 Å². The molecule has 0 aliphatic carbocycles. The molecule has 0 radical (unpaired) electrons. The molecule has 2 aromatic carbocycles. The van der Waals surface area contributed by atoms with Crippen molar-refractivity contribution in [3.05, 3.63) is 58.6 Å². The molecule has 4 N–H and O–H groups in total. The lowest BCUT2D eigenvalue weighted by molar-refractivity contribution is -0.204. The van der Waals surface area contributed by atoms with Gasteiger partial charge in [0.15, 0.2) is 11.5 Å². The van der Waals surface area contributed by atoms with Gasteiger partial charge in [0.1, 0.15) is 11.5 Å². The molecule has 0 heterocycles. The zero-order valence-electron chi connectivity index (χ0n) is 11.6. The van der Waals surface area contributed by atoms with Gasteiger partial charge in [-0.2, -0.15) is 0 Å². The summed E-state index contributed by atoms with van der Waals surface area (Å²) in [7, 11) is 0. The van der Waals surface area contributed by atoms with Crippen LogP contribution in [0.2, 0.25) is 0 Å². The van der Waals surface area contributed by atoms with Crippen molar-refractivity contribution in [3.8, 4) is 17.2 Å². The van der Waals surface area contributed by atoms with Gasteiger partial charge in [0, 0.05) is 12.6 Å². The second kappa shape index (κ2) is 8.58. The third-order valence-electron chi connectivity index (χ3n) is 2.88. The molecule has 2 rings (SSSR count). The Morgan fingerprint density at radius 3 is 2.26 bits per heavy atom. The topological polar surface area (TPSA) is 84.9 Å². The van der Waals surface area contributed by atoms with Crippen LogP contribution in [0.1, 0.15) is 5.56 Å². The molecule has 0 saturated heterocycles. The number of hydrogen-bond acceptors (Lipinski definition) is 5.